The second-order valence-corrected chi connectivity index (χ2v) is 8.73. The third-order valence-electron chi connectivity index (χ3n) is 6.06. The first-order chi connectivity index (χ1) is 13.5. The minimum absolute atomic E-state index is 0.456. The van der Waals surface area contributed by atoms with E-state index in [9.17, 15) is 0 Å². The lowest BCUT2D eigenvalue weighted by molar-refractivity contribution is 0.143. The van der Waals surface area contributed by atoms with Crippen molar-refractivity contribution in [2.24, 2.45) is 10.9 Å². The van der Waals surface area contributed by atoms with Crippen LogP contribution in [0, 0.1) is 12.8 Å². The fourth-order valence-electron chi connectivity index (χ4n) is 4.32. The predicted octanol–water partition coefficient (Wildman–Crippen LogP) is 3.25. The third-order valence-corrected chi connectivity index (χ3v) is 6.06. The molecular weight excluding hydrogens is 346 g/mol. The molecule has 5 heteroatoms. The molecule has 156 valence electrons. The van der Waals surface area contributed by atoms with E-state index in [2.05, 4.69) is 72.4 Å². The van der Waals surface area contributed by atoms with E-state index >= 15 is 0 Å². The van der Waals surface area contributed by atoms with Gasteiger partial charge >= 0.3 is 0 Å². The highest BCUT2D eigenvalue weighted by atomic mass is 15.2. The van der Waals surface area contributed by atoms with Crippen LogP contribution in [0.2, 0.25) is 0 Å². The maximum Gasteiger partial charge on any atom is 0.191 e. The number of likely N-dealkylation sites (tertiary alicyclic amines) is 1. The zero-order valence-corrected chi connectivity index (χ0v) is 18.2. The number of piperidine rings is 1. The van der Waals surface area contributed by atoms with E-state index in [0.717, 1.165) is 38.6 Å². The van der Waals surface area contributed by atoms with Gasteiger partial charge in [-0.1, -0.05) is 17.7 Å². The van der Waals surface area contributed by atoms with Crippen molar-refractivity contribution in [1.82, 2.24) is 15.5 Å². The maximum absolute atomic E-state index is 4.95. The zero-order chi connectivity index (χ0) is 19.9. The molecule has 0 spiro atoms. The van der Waals surface area contributed by atoms with Crippen molar-refractivity contribution in [3.05, 3.63) is 29.8 Å². The van der Waals surface area contributed by atoms with Gasteiger partial charge in [-0.15, -0.1) is 0 Å². The fourth-order valence-corrected chi connectivity index (χ4v) is 4.32. The number of hydrogen-bond donors (Lipinski definition) is 2. The molecule has 2 fully saturated rings. The highest BCUT2D eigenvalue weighted by molar-refractivity contribution is 5.80. The second-order valence-electron chi connectivity index (χ2n) is 8.73. The Morgan fingerprint density at radius 1 is 1.14 bits per heavy atom. The predicted molar refractivity (Wildman–Crippen MR) is 120 cm³/mol. The molecule has 28 heavy (non-hydrogen) atoms. The fraction of sp³-hybridized carbons (Fsp3) is 0.696. The topological polar surface area (TPSA) is 42.9 Å². The molecule has 5 nitrogen and oxygen atoms in total. The van der Waals surface area contributed by atoms with Gasteiger partial charge in [0.25, 0.3) is 0 Å². The van der Waals surface area contributed by atoms with Crippen LogP contribution in [0.25, 0.3) is 0 Å². The first-order valence-electron chi connectivity index (χ1n) is 11.2. The Morgan fingerprint density at radius 3 is 2.64 bits per heavy atom. The van der Waals surface area contributed by atoms with Gasteiger partial charge in [0, 0.05) is 50.5 Å². The zero-order valence-electron chi connectivity index (χ0n) is 18.2. The van der Waals surface area contributed by atoms with Crippen molar-refractivity contribution in [3.63, 3.8) is 0 Å². The summed E-state index contributed by atoms with van der Waals surface area (Å²) in [5, 5.41) is 7.14. The molecule has 2 saturated heterocycles. The third kappa shape index (κ3) is 5.87. The molecule has 1 aromatic rings. The molecule has 0 amide bonds. The number of aliphatic imine (C=N–C) groups is 1. The van der Waals surface area contributed by atoms with Crippen molar-refractivity contribution in [2.45, 2.75) is 59.0 Å². The van der Waals surface area contributed by atoms with Gasteiger partial charge in [-0.2, -0.15) is 0 Å². The van der Waals surface area contributed by atoms with E-state index in [4.69, 9.17) is 4.99 Å². The number of anilines is 1. The normalized spacial score (nSPS) is 24.0. The Balaban J connectivity index is 1.52. The Hall–Kier alpha value is -1.75. The summed E-state index contributed by atoms with van der Waals surface area (Å²) in [6, 6.07) is 9.97. The highest BCUT2D eigenvalue weighted by Gasteiger charge is 2.24. The number of rotatable bonds is 6. The second kappa shape index (κ2) is 10.1. The van der Waals surface area contributed by atoms with Crippen LogP contribution in [-0.4, -0.2) is 62.2 Å². The van der Waals surface area contributed by atoms with E-state index in [1.807, 2.05) is 0 Å². The van der Waals surface area contributed by atoms with Gasteiger partial charge in [0.05, 0.1) is 0 Å². The van der Waals surface area contributed by atoms with Crippen LogP contribution in [0.3, 0.4) is 0 Å². The molecule has 0 bridgehead atoms. The smallest absolute Gasteiger partial charge is 0.191 e. The first-order valence-corrected chi connectivity index (χ1v) is 11.2. The number of nitrogens with one attached hydrogen (secondary N) is 2. The molecule has 2 aliphatic rings. The van der Waals surface area contributed by atoms with Crippen molar-refractivity contribution < 1.29 is 0 Å². The van der Waals surface area contributed by atoms with Crippen molar-refractivity contribution in [2.75, 3.05) is 44.2 Å². The summed E-state index contributed by atoms with van der Waals surface area (Å²) in [5.74, 6) is 1.67. The summed E-state index contributed by atoms with van der Waals surface area (Å²) in [6.45, 7) is 15.3. The molecular formula is C23H39N5. The monoisotopic (exact) mass is 385 g/mol. The molecule has 2 heterocycles. The largest absolute Gasteiger partial charge is 0.369 e. The average molecular weight is 386 g/mol. The van der Waals surface area contributed by atoms with Crippen molar-refractivity contribution >= 4 is 11.6 Å². The summed E-state index contributed by atoms with van der Waals surface area (Å²) in [7, 11) is 0. The lowest BCUT2D eigenvalue weighted by atomic mass is 9.97. The molecule has 2 unspecified atom stereocenters. The minimum Gasteiger partial charge on any atom is -0.369 e. The van der Waals surface area contributed by atoms with E-state index in [-0.39, 0.29) is 0 Å². The van der Waals surface area contributed by atoms with E-state index < -0.39 is 0 Å². The van der Waals surface area contributed by atoms with Gasteiger partial charge in [0.15, 0.2) is 5.96 Å². The lowest BCUT2D eigenvalue weighted by Gasteiger charge is -2.35. The molecule has 0 saturated carbocycles. The molecule has 0 aliphatic carbocycles. The van der Waals surface area contributed by atoms with Crippen LogP contribution >= 0.6 is 0 Å². The molecule has 1 aromatic carbocycles. The van der Waals surface area contributed by atoms with Gasteiger partial charge in [-0.05, 0) is 71.6 Å². The summed E-state index contributed by atoms with van der Waals surface area (Å²) in [6.07, 6.45) is 3.76. The molecule has 2 atom stereocenters. The van der Waals surface area contributed by atoms with Crippen molar-refractivity contribution in [3.8, 4) is 0 Å². The maximum atomic E-state index is 4.95. The van der Waals surface area contributed by atoms with Crippen LogP contribution in [-0.2, 0) is 0 Å². The van der Waals surface area contributed by atoms with Crippen molar-refractivity contribution in [1.29, 1.82) is 0 Å². The van der Waals surface area contributed by atoms with Gasteiger partial charge in [-0.25, -0.2) is 0 Å². The number of guanidine groups is 1. The van der Waals surface area contributed by atoms with Crippen LogP contribution < -0.4 is 15.5 Å². The van der Waals surface area contributed by atoms with Crippen LogP contribution in [0.5, 0.6) is 0 Å². The number of nitrogens with zero attached hydrogens (tertiary/aromatic N) is 3. The Bertz CT molecular complexity index is 624. The summed E-state index contributed by atoms with van der Waals surface area (Å²) in [4.78, 5) is 10.0. The SMILES string of the molecule is CCNC(=NCC1CCCN(C(C)C)C1)NC1CCN(c2ccc(C)cc2)C1. The van der Waals surface area contributed by atoms with Gasteiger partial charge in [0.2, 0.25) is 0 Å². The number of aryl methyl sites for hydroxylation is 1. The Labute approximate surface area is 171 Å². The molecule has 2 N–H and O–H groups in total. The van der Waals surface area contributed by atoms with Gasteiger partial charge in [0.1, 0.15) is 0 Å². The number of benzene rings is 1. The highest BCUT2D eigenvalue weighted by Crippen LogP contribution is 2.21. The van der Waals surface area contributed by atoms with Gasteiger partial charge in [-0.3, -0.25) is 4.99 Å². The molecule has 2 aliphatic heterocycles. The lowest BCUT2D eigenvalue weighted by Crippen LogP contribution is -2.45. The number of hydrogen-bond acceptors (Lipinski definition) is 3. The average Bonchev–Trinajstić information content (AvgIpc) is 3.15. The standard InChI is InChI=1S/C23H39N5/c1-5-24-23(25-15-20-7-6-13-27(16-20)18(2)3)26-21-12-14-28(17-21)22-10-8-19(4)9-11-22/h8-11,18,20-21H,5-7,12-17H2,1-4H3,(H2,24,25,26). The summed E-state index contributed by atoms with van der Waals surface area (Å²) < 4.78 is 0. The summed E-state index contributed by atoms with van der Waals surface area (Å²) in [5.41, 5.74) is 2.64. The van der Waals surface area contributed by atoms with E-state index in [1.165, 1.54) is 37.2 Å². The van der Waals surface area contributed by atoms with Crippen LogP contribution in [0.4, 0.5) is 5.69 Å². The van der Waals surface area contributed by atoms with E-state index in [1.54, 1.807) is 0 Å². The van der Waals surface area contributed by atoms with Crippen LogP contribution in [0.15, 0.2) is 29.3 Å². The van der Waals surface area contributed by atoms with Gasteiger partial charge < -0.3 is 20.4 Å². The summed E-state index contributed by atoms with van der Waals surface area (Å²) >= 11 is 0. The first kappa shape index (κ1) is 21.0. The molecule has 3 rings (SSSR count). The quantitative estimate of drug-likeness (QED) is 0.583. The Morgan fingerprint density at radius 2 is 1.93 bits per heavy atom. The molecule has 0 aromatic heterocycles. The Kier molecular flexibility index (Phi) is 7.60. The minimum atomic E-state index is 0.456. The van der Waals surface area contributed by atoms with E-state index in [0.29, 0.717) is 18.0 Å². The van der Waals surface area contributed by atoms with Crippen LogP contribution in [0.1, 0.15) is 45.6 Å². The molecule has 0 radical (unpaired) electrons.